The maximum atomic E-state index is 9.53. The minimum Gasteiger partial charge on any atom is -0.547 e. The van der Waals surface area contributed by atoms with Crippen molar-refractivity contribution in [1.82, 2.24) is 0 Å². The molecule has 0 aromatic carbocycles. The molecule has 0 spiro atoms. The Hall–Kier alpha value is 0.430. The molecule has 1 atom stereocenters. The molecule has 0 N–H and O–H groups in total. The van der Waals surface area contributed by atoms with E-state index in [0.29, 0.717) is 6.61 Å². The summed E-state index contributed by atoms with van der Waals surface area (Å²) < 4.78 is 4.31. The van der Waals surface area contributed by atoms with Crippen LogP contribution < -0.4 is 34.7 Å². The molecule has 0 unspecified atom stereocenters. The van der Waals surface area contributed by atoms with E-state index in [-0.39, 0.29) is 29.6 Å². The Balaban J connectivity index is 0.000000360. The molecule has 1 aliphatic rings. The molecule has 0 radical (unpaired) electrons. The molecule has 1 aliphatic heterocycles. The van der Waals surface area contributed by atoms with E-state index in [1.54, 1.807) is 0 Å². The van der Waals surface area contributed by atoms with Crippen LogP contribution in [0, 0.1) is 0 Å². The Labute approximate surface area is 62.9 Å². The van der Waals surface area contributed by atoms with Gasteiger partial charge in [0.1, 0.15) is 6.10 Å². The molecule has 0 aliphatic carbocycles. The summed E-state index contributed by atoms with van der Waals surface area (Å²) in [5, 5.41) is 9.53. The van der Waals surface area contributed by atoms with Gasteiger partial charge in [0.2, 0.25) is 0 Å². The molecule has 1 saturated heterocycles. The van der Waals surface area contributed by atoms with Crippen LogP contribution in [-0.2, 0) is 9.53 Å². The molecule has 0 aromatic heterocycles. The molecular formula is C3H3NaO3. The van der Waals surface area contributed by atoms with E-state index in [9.17, 15) is 9.90 Å². The predicted molar refractivity (Wildman–Crippen MR) is 14.7 cm³/mol. The molecule has 7 heavy (non-hydrogen) atoms. The molecule has 0 saturated carbocycles. The van der Waals surface area contributed by atoms with E-state index in [4.69, 9.17) is 0 Å². The molecule has 1 heterocycles. The standard InChI is InChI=1S/C3H4O3.Na/c4-3(5)2-1-6-2;/h2H,1H2,(H,4,5);/q;+1/p-1/t2-;/m0./s1. The fraction of sp³-hybridized carbons (Fsp3) is 0.667. The van der Waals surface area contributed by atoms with E-state index < -0.39 is 12.1 Å². The van der Waals surface area contributed by atoms with Crippen LogP contribution in [0.2, 0.25) is 0 Å². The van der Waals surface area contributed by atoms with Gasteiger partial charge in [0.05, 0.1) is 12.6 Å². The number of carboxylic acids is 1. The molecule has 0 bridgehead atoms. The van der Waals surface area contributed by atoms with Crippen molar-refractivity contribution >= 4 is 5.97 Å². The Morgan fingerprint density at radius 2 is 2.29 bits per heavy atom. The zero-order valence-corrected chi connectivity index (χ0v) is 6.01. The smallest absolute Gasteiger partial charge is 0.547 e. The number of rotatable bonds is 1. The fourth-order valence-corrected chi connectivity index (χ4v) is 0.184. The third kappa shape index (κ3) is 2.29. The number of carbonyl (C=O) groups excluding carboxylic acids is 1. The van der Waals surface area contributed by atoms with Gasteiger partial charge < -0.3 is 14.6 Å². The van der Waals surface area contributed by atoms with Crippen molar-refractivity contribution in [2.45, 2.75) is 6.10 Å². The third-order valence-electron chi connectivity index (χ3n) is 0.596. The second-order valence-electron chi connectivity index (χ2n) is 1.14. The van der Waals surface area contributed by atoms with Crippen molar-refractivity contribution in [2.75, 3.05) is 6.61 Å². The molecule has 4 heteroatoms. The van der Waals surface area contributed by atoms with E-state index in [0.717, 1.165) is 0 Å². The maximum Gasteiger partial charge on any atom is 1.00 e. The monoisotopic (exact) mass is 110 g/mol. The van der Waals surface area contributed by atoms with Crippen LogP contribution in [-0.4, -0.2) is 18.7 Å². The molecule has 34 valence electrons. The third-order valence-corrected chi connectivity index (χ3v) is 0.596. The van der Waals surface area contributed by atoms with Crippen molar-refractivity contribution < 1.29 is 44.2 Å². The maximum absolute atomic E-state index is 9.53. The van der Waals surface area contributed by atoms with E-state index in [1.165, 1.54) is 0 Å². The number of hydrogen-bond acceptors (Lipinski definition) is 3. The summed E-state index contributed by atoms with van der Waals surface area (Å²) in [6.45, 7) is 0.336. The Bertz CT molecular complexity index is 78.2. The second kappa shape index (κ2) is 2.67. The summed E-state index contributed by atoms with van der Waals surface area (Å²) in [7, 11) is 0. The minimum atomic E-state index is -1.10. The fourth-order valence-electron chi connectivity index (χ4n) is 0.184. The number of epoxide rings is 1. The Kier molecular flexibility index (Phi) is 2.83. The van der Waals surface area contributed by atoms with Crippen LogP contribution in [0.3, 0.4) is 0 Å². The molecule has 1 fully saturated rings. The molecular weight excluding hydrogens is 107 g/mol. The van der Waals surface area contributed by atoms with E-state index in [1.807, 2.05) is 0 Å². The summed E-state index contributed by atoms with van der Waals surface area (Å²) in [6, 6.07) is 0. The van der Waals surface area contributed by atoms with Crippen molar-refractivity contribution in [2.24, 2.45) is 0 Å². The first-order chi connectivity index (χ1) is 2.80. The van der Waals surface area contributed by atoms with Gasteiger partial charge in [-0.25, -0.2) is 0 Å². The minimum absolute atomic E-state index is 0. The molecule has 0 aromatic rings. The topological polar surface area (TPSA) is 52.7 Å². The molecule has 1 rings (SSSR count). The first-order valence-corrected chi connectivity index (χ1v) is 1.63. The Morgan fingerprint density at radius 1 is 1.86 bits per heavy atom. The summed E-state index contributed by atoms with van der Waals surface area (Å²) in [5.41, 5.74) is 0. The van der Waals surface area contributed by atoms with Crippen LogP contribution in [0.15, 0.2) is 0 Å². The number of aliphatic carboxylic acids is 1. The number of hydrogen-bond donors (Lipinski definition) is 0. The van der Waals surface area contributed by atoms with Gasteiger partial charge in [-0.1, -0.05) is 0 Å². The number of carboxylic acid groups (broad SMARTS) is 1. The second-order valence-corrected chi connectivity index (χ2v) is 1.14. The van der Waals surface area contributed by atoms with Gasteiger partial charge in [0.15, 0.2) is 0 Å². The van der Waals surface area contributed by atoms with Crippen LogP contribution in [0.25, 0.3) is 0 Å². The summed E-state index contributed by atoms with van der Waals surface area (Å²) in [4.78, 5) is 9.53. The summed E-state index contributed by atoms with van der Waals surface area (Å²) in [5.74, 6) is -1.10. The van der Waals surface area contributed by atoms with Crippen molar-refractivity contribution in [3.63, 3.8) is 0 Å². The van der Waals surface area contributed by atoms with Gasteiger partial charge in [0, 0.05) is 0 Å². The van der Waals surface area contributed by atoms with Gasteiger partial charge in [-0.3, -0.25) is 0 Å². The van der Waals surface area contributed by atoms with Gasteiger partial charge in [-0.05, 0) is 0 Å². The number of carbonyl (C=O) groups is 1. The molecule has 3 nitrogen and oxygen atoms in total. The quantitative estimate of drug-likeness (QED) is 0.251. The van der Waals surface area contributed by atoms with Crippen LogP contribution in [0.5, 0.6) is 0 Å². The van der Waals surface area contributed by atoms with Crippen LogP contribution in [0.1, 0.15) is 0 Å². The van der Waals surface area contributed by atoms with Crippen molar-refractivity contribution in [3.8, 4) is 0 Å². The van der Waals surface area contributed by atoms with Crippen LogP contribution >= 0.6 is 0 Å². The van der Waals surface area contributed by atoms with Crippen molar-refractivity contribution in [3.05, 3.63) is 0 Å². The van der Waals surface area contributed by atoms with Gasteiger partial charge in [-0.2, -0.15) is 0 Å². The van der Waals surface area contributed by atoms with E-state index >= 15 is 0 Å². The zero-order chi connectivity index (χ0) is 4.57. The van der Waals surface area contributed by atoms with Gasteiger partial charge in [0.25, 0.3) is 0 Å². The summed E-state index contributed by atoms with van der Waals surface area (Å²) >= 11 is 0. The van der Waals surface area contributed by atoms with Gasteiger partial charge >= 0.3 is 29.6 Å². The van der Waals surface area contributed by atoms with Crippen LogP contribution in [0.4, 0.5) is 0 Å². The average molecular weight is 110 g/mol. The Morgan fingerprint density at radius 3 is 2.29 bits per heavy atom. The van der Waals surface area contributed by atoms with E-state index in [2.05, 4.69) is 4.74 Å². The normalized spacial score (nSPS) is 25.4. The number of ether oxygens (including phenoxy) is 1. The zero-order valence-electron chi connectivity index (χ0n) is 4.01. The largest absolute Gasteiger partial charge is 1.00 e. The first kappa shape index (κ1) is 7.43. The van der Waals surface area contributed by atoms with Gasteiger partial charge in [-0.15, -0.1) is 0 Å². The molecule has 0 amide bonds. The first-order valence-electron chi connectivity index (χ1n) is 1.63. The predicted octanol–water partition coefficient (Wildman–Crippen LogP) is -4.86. The average Bonchev–Trinajstić information content (AvgIpc) is 2.06. The summed E-state index contributed by atoms with van der Waals surface area (Å²) in [6.07, 6.45) is -0.593. The van der Waals surface area contributed by atoms with Crippen molar-refractivity contribution in [1.29, 1.82) is 0 Å². The SMILES string of the molecule is O=C([O-])[C@@H]1CO1.[Na+].